The van der Waals surface area contributed by atoms with Crippen molar-refractivity contribution < 1.29 is 4.74 Å². The zero-order valence-electron chi connectivity index (χ0n) is 12.0. The molecular weight excluding hydrogens is 260 g/mol. The van der Waals surface area contributed by atoms with Crippen molar-refractivity contribution in [3.8, 4) is 5.75 Å². The molecule has 0 fully saturated rings. The van der Waals surface area contributed by atoms with E-state index in [1.165, 1.54) is 16.3 Å². The number of nitrogens with one attached hydrogen (secondary N) is 1. The van der Waals surface area contributed by atoms with Gasteiger partial charge in [-0.2, -0.15) is 0 Å². The summed E-state index contributed by atoms with van der Waals surface area (Å²) < 4.78 is 5.44. The number of pyridine rings is 1. The molecule has 0 amide bonds. The van der Waals surface area contributed by atoms with Crippen LogP contribution < -0.4 is 10.1 Å². The highest BCUT2D eigenvalue weighted by Gasteiger charge is 2.01. The minimum Gasteiger partial charge on any atom is -0.494 e. The summed E-state index contributed by atoms with van der Waals surface area (Å²) in [6, 6.07) is 16.3. The Kier molecular flexibility index (Phi) is 4.01. The van der Waals surface area contributed by atoms with E-state index in [1.54, 1.807) is 0 Å². The molecule has 3 rings (SSSR count). The van der Waals surface area contributed by atoms with Crippen LogP contribution in [0.2, 0.25) is 0 Å². The van der Waals surface area contributed by atoms with E-state index in [9.17, 15) is 0 Å². The van der Waals surface area contributed by atoms with E-state index >= 15 is 0 Å². The molecule has 1 N–H and O–H groups in total. The number of fused-ring (bicyclic) bond motifs is 1. The number of ether oxygens (including phenoxy) is 1. The van der Waals surface area contributed by atoms with Crippen LogP contribution >= 0.6 is 0 Å². The maximum atomic E-state index is 5.44. The molecule has 0 aliphatic heterocycles. The first-order valence-electron chi connectivity index (χ1n) is 7.15. The lowest BCUT2D eigenvalue weighted by molar-refractivity contribution is 0.340. The number of anilines is 1. The van der Waals surface area contributed by atoms with Crippen molar-refractivity contribution in [2.45, 2.75) is 13.5 Å². The zero-order chi connectivity index (χ0) is 14.5. The molecule has 3 aromatic rings. The standard InChI is InChI=1S/C18H18N2O/c1-2-21-17-9-7-16(8-10-17)20-13-15-12-19-11-14-5-3-4-6-18(14)15/h3-12,20H,2,13H2,1H3. The summed E-state index contributed by atoms with van der Waals surface area (Å²) in [5, 5.41) is 5.84. The van der Waals surface area contributed by atoms with E-state index in [4.69, 9.17) is 4.74 Å². The molecule has 0 atom stereocenters. The molecular formula is C18H18N2O. The first kappa shape index (κ1) is 13.4. The fourth-order valence-corrected chi connectivity index (χ4v) is 2.35. The molecule has 0 aliphatic rings. The van der Waals surface area contributed by atoms with Crippen molar-refractivity contribution in [2.24, 2.45) is 0 Å². The highest BCUT2D eigenvalue weighted by atomic mass is 16.5. The summed E-state index contributed by atoms with van der Waals surface area (Å²) in [5.74, 6) is 0.898. The number of hydrogen-bond donors (Lipinski definition) is 1. The molecule has 0 aliphatic carbocycles. The van der Waals surface area contributed by atoms with Crippen molar-refractivity contribution in [1.29, 1.82) is 0 Å². The number of rotatable bonds is 5. The molecule has 2 aromatic carbocycles. The largest absolute Gasteiger partial charge is 0.494 e. The Morgan fingerprint density at radius 3 is 2.62 bits per heavy atom. The van der Waals surface area contributed by atoms with E-state index in [0.717, 1.165) is 18.0 Å². The number of aromatic nitrogens is 1. The summed E-state index contributed by atoms with van der Waals surface area (Å²) in [4.78, 5) is 4.30. The van der Waals surface area contributed by atoms with Gasteiger partial charge in [-0.25, -0.2) is 0 Å². The molecule has 0 bridgehead atoms. The van der Waals surface area contributed by atoms with Gasteiger partial charge in [-0.1, -0.05) is 24.3 Å². The molecule has 21 heavy (non-hydrogen) atoms. The van der Waals surface area contributed by atoms with Gasteiger partial charge in [-0.05, 0) is 42.1 Å². The normalized spacial score (nSPS) is 10.5. The number of hydrogen-bond acceptors (Lipinski definition) is 3. The summed E-state index contributed by atoms with van der Waals surface area (Å²) in [6.07, 6.45) is 3.82. The van der Waals surface area contributed by atoms with Crippen LogP contribution in [0.25, 0.3) is 10.8 Å². The second-order valence-corrected chi connectivity index (χ2v) is 4.83. The lowest BCUT2D eigenvalue weighted by atomic mass is 10.1. The van der Waals surface area contributed by atoms with Crippen LogP contribution in [0.3, 0.4) is 0 Å². The highest BCUT2D eigenvalue weighted by Crippen LogP contribution is 2.20. The van der Waals surface area contributed by atoms with Gasteiger partial charge in [-0.15, -0.1) is 0 Å². The third-order valence-corrected chi connectivity index (χ3v) is 3.40. The Morgan fingerprint density at radius 2 is 1.81 bits per heavy atom. The van der Waals surface area contributed by atoms with E-state index in [2.05, 4.69) is 28.5 Å². The summed E-state index contributed by atoms with van der Waals surface area (Å²) in [6.45, 7) is 3.43. The zero-order valence-corrected chi connectivity index (χ0v) is 12.0. The predicted molar refractivity (Wildman–Crippen MR) is 86.7 cm³/mol. The maximum Gasteiger partial charge on any atom is 0.119 e. The van der Waals surface area contributed by atoms with Crippen LogP contribution in [0, 0.1) is 0 Å². The van der Waals surface area contributed by atoms with Crippen molar-refractivity contribution in [3.05, 3.63) is 66.5 Å². The molecule has 0 unspecified atom stereocenters. The Labute approximate surface area is 124 Å². The van der Waals surface area contributed by atoms with Gasteiger partial charge in [0.05, 0.1) is 6.61 Å². The summed E-state index contributed by atoms with van der Waals surface area (Å²) in [5.41, 5.74) is 2.27. The van der Waals surface area contributed by atoms with Crippen LogP contribution in [0.4, 0.5) is 5.69 Å². The van der Waals surface area contributed by atoms with Gasteiger partial charge in [-0.3, -0.25) is 4.98 Å². The van der Waals surface area contributed by atoms with Crippen LogP contribution in [0.1, 0.15) is 12.5 Å². The van der Waals surface area contributed by atoms with Gasteiger partial charge in [0.2, 0.25) is 0 Å². The predicted octanol–water partition coefficient (Wildman–Crippen LogP) is 4.25. The van der Waals surface area contributed by atoms with Crippen LogP contribution in [0.15, 0.2) is 60.9 Å². The fraction of sp³-hybridized carbons (Fsp3) is 0.167. The van der Waals surface area contributed by atoms with Crippen molar-refractivity contribution >= 4 is 16.5 Å². The fourth-order valence-electron chi connectivity index (χ4n) is 2.35. The Balaban J connectivity index is 1.74. The van der Waals surface area contributed by atoms with Crippen LogP contribution in [-0.4, -0.2) is 11.6 Å². The number of benzene rings is 2. The topological polar surface area (TPSA) is 34.1 Å². The molecule has 3 nitrogen and oxygen atoms in total. The van der Waals surface area contributed by atoms with Crippen molar-refractivity contribution in [2.75, 3.05) is 11.9 Å². The first-order chi connectivity index (χ1) is 10.4. The van der Waals surface area contributed by atoms with Crippen LogP contribution in [-0.2, 0) is 6.54 Å². The van der Waals surface area contributed by atoms with Gasteiger partial charge in [0.15, 0.2) is 0 Å². The SMILES string of the molecule is CCOc1ccc(NCc2cncc3ccccc23)cc1. The lowest BCUT2D eigenvalue weighted by Gasteiger charge is -2.10. The van der Waals surface area contributed by atoms with E-state index < -0.39 is 0 Å². The van der Waals surface area contributed by atoms with Crippen molar-refractivity contribution in [3.63, 3.8) is 0 Å². The Hall–Kier alpha value is -2.55. The lowest BCUT2D eigenvalue weighted by Crippen LogP contribution is -2.01. The van der Waals surface area contributed by atoms with Gasteiger partial charge in [0, 0.05) is 30.0 Å². The van der Waals surface area contributed by atoms with Gasteiger partial charge >= 0.3 is 0 Å². The molecule has 106 valence electrons. The quantitative estimate of drug-likeness (QED) is 0.757. The number of nitrogens with zero attached hydrogens (tertiary/aromatic N) is 1. The first-order valence-corrected chi connectivity index (χ1v) is 7.15. The molecule has 0 spiro atoms. The third-order valence-electron chi connectivity index (χ3n) is 3.40. The summed E-state index contributed by atoms with van der Waals surface area (Å²) >= 11 is 0. The Morgan fingerprint density at radius 1 is 1.00 bits per heavy atom. The molecule has 0 saturated carbocycles. The van der Waals surface area contributed by atoms with Gasteiger partial charge in [0.1, 0.15) is 5.75 Å². The molecule has 0 saturated heterocycles. The smallest absolute Gasteiger partial charge is 0.119 e. The summed E-state index contributed by atoms with van der Waals surface area (Å²) in [7, 11) is 0. The van der Waals surface area contributed by atoms with Gasteiger partial charge < -0.3 is 10.1 Å². The molecule has 1 heterocycles. The monoisotopic (exact) mass is 278 g/mol. The van der Waals surface area contributed by atoms with E-state index in [0.29, 0.717) is 6.61 Å². The minimum absolute atomic E-state index is 0.689. The second kappa shape index (κ2) is 6.27. The average Bonchev–Trinajstić information content (AvgIpc) is 2.54. The van der Waals surface area contributed by atoms with Gasteiger partial charge in [0.25, 0.3) is 0 Å². The maximum absolute atomic E-state index is 5.44. The third kappa shape index (κ3) is 3.14. The second-order valence-electron chi connectivity index (χ2n) is 4.83. The molecule has 0 radical (unpaired) electrons. The minimum atomic E-state index is 0.689. The van der Waals surface area contributed by atoms with E-state index in [-0.39, 0.29) is 0 Å². The van der Waals surface area contributed by atoms with Crippen LogP contribution in [0.5, 0.6) is 5.75 Å². The Bertz CT molecular complexity index is 717. The average molecular weight is 278 g/mol. The van der Waals surface area contributed by atoms with E-state index in [1.807, 2.05) is 49.6 Å². The van der Waals surface area contributed by atoms with Crippen molar-refractivity contribution in [1.82, 2.24) is 4.98 Å². The molecule has 3 heteroatoms. The molecule has 1 aromatic heterocycles. The highest BCUT2D eigenvalue weighted by molar-refractivity contribution is 5.84.